The Kier molecular flexibility index (Phi) is 8.17. The summed E-state index contributed by atoms with van der Waals surface area (Å²) in [4.78, 5) is 49.0. The summed E-state index contributed by atoms with van der Waals surface area (Å²) in [5, 5.41) is 3.04. The minimum absolute atomic E-state index is 0.0346. The lowest BCUT2D eigenvalue weighted by molar-refractivity contribution is -0.139. The quantitative estimate of drug-likeness (QED) is 0.499. The molecule has 9 nitrogen and oxygen atoms in total. The summed E-state index contributed by atoms with van der Waals surface area (Å²) in [5.74, 6) is -3.22. The zero-order chi connectivity index (χ0) is 24.0. The van der Waals surface area contributed by atoms with E-state index in [0.29, 0.717) is 17.0 Å². The first kappa shape index (κ1) is 24.6. The highest BCUT2D eigenvalue weighted by atomic mass is 16.5. The Morgan fingerprint density at radius 3 is 1.78 bits per heavy atom. The lowest BCUT2D eigenvalue weighted by Gasteiger charge is -2.31. The number of allylic oxidation sites excluding steroid dienone is 2. The van der Waals surface area contributed by atoms with Crippen LogP contribution in [0.15, 0.2) is 40.7 Å². The number of rotatable bonds is 7. The molecule has 0 fully saturated rings. The smallest absolute Gasteiger partial charge is 0.336 e. The normalized spacial score (nSPS) is 13.9. The largest absolute Gasteiger partial charge is 0.463 e. The SMILES string of the molecule is CCOC(=O)C1=C(C)NC(C)=C(C(=O)OCC)C1c1ccc(OC(C)=O)cc1OC(C)=O. The first-order chi connectivity index (χ1) is 15.1. The lowest BCUT2D eigenvalue weighted by atomic mass is 9.80. The summed E-state index contributed by atoms with van der Waals surface area (Å²) in [6.45, 7) is 9.42. The average Bonchev–Trinajstić information content (AvgIpc) is 2.67. The molecule has 1 aromatic rings. The van der Waals surface area contributed by atoms with Gasteiger partial charge in [-0.25, -0.2) is 9.59 Å². The average molecular weight is 445 g/mol. The van der Waals surface area contributed by atoms with Crippen LogP contribution in [0.4, 0.5) is 0 Å². The summed E-state index contributed by atoms with van der Waals surface area (Å²) >= 11 is 0. The fourth-order valence-electron chi connectivity index (χ4n) is 3.49. The number of dihydropyridines is 1. The second-order valence-electron chi connectivity index (χ2n) is 6.96. The maximum absolute atomic E-state index is 12.9. The van der Waals surface area contributed by atoms with E-state index in [-0.39, 0.29) is 35.9 Å². The molecule has 0 unspecified atom stereocenters. The molecular formula is C23H27NO8. The van der Waals surface area contributed by atoms with Gasteiger partial charge in [0, 0.05) is 36.9 Å². The molecule has 0 radical (unpaired) electrons. The molecule has 1 heterocycles. The maximum atomic E-state index is 12.9. The van der Waals surface area contributed by atoms with Gasteiger partial charge >= 0.3 is 23.9 Å². The number of carbonyl (C=O) groups excluding carboxylic acids is 4. The van der Waals surface area contributed by atoms with Gasteiger partial charge < -0.3 is 24.3 Å². The Hall–Kier alpha value is -3.62. The zero-order valence-electron chi connectivity index (χ0n) is 19.0. The van der Waals surface area contributed by atoms with Gasteiger partial charge in [-0.1, -0.05) is 6.07 Å². The summed E-state index contributed by atoms with van der Waals surface area (Å²) < 4.78 is 20.9. The second-order valence-corrected chi connectivity index (χ2v) is 6.96. The van der Waals surface area contributed by atoms with Crippen molar-refractivity contribution in [1.29, 1.82) is 0 Å². The summed E-state index contributed by atoms with van der Waals surface area (Å²) in [6.07, 6.45) is 0. The molecule has 1 aliphatic rings. The van der Waals surface area contributed by atoms with Gasteiger partial charge in [0.2, 0.25) is 0 Å². The van der Waals surface area contributed by atoms with E-state index in [0.717, 1.165) is 0 Å². The minimum atomic E-state index is -0.949. The highest BCUT2D eigenvalue weighted by molar-refractivity contribution is 6.00. The molecule has 0 spiro atoms. The van der Waals surface area contributed by atoms with Crippen molar-refractivity contribution in [3.63, 3.8) is 0 Å². The van der Waals surface area contributed by atoms with Crippen molar-refractivity contribution in [3.05, 3.63) is 46.3 Å². The first-order valence-corrected chi connectivity index (χ1v) is 10.1. The van der Waals surface area contributed by atoms with Crippen molar-refractivity contribution in [3.8, 4) is 11.5 Å². The van der Waals surface area contributed by atoms with Gasteiger partial charge in [-0.3, -0.25) is 9.59 Å². The molecule has 0 bridgehead atoms. The Morgan fingerprint density at radius 1 is 0.844 bits per heavy atom. The van der Waals surface area contributed by atoms with Gasteiger partial charge in [0.05, 0.1) is 30.3 Å². The van der Waals surface area contributed by atoms with Gasteiger partial charge in [0.15, 0.2) is 0 Å². The molecule has 0 atom stereocenters. The molecule has 172 valence electrons. The van der Waals surface area contributed by atoms with Gasteiger partial charge in [0.1, 0.15) is 11.5 Å². The second kappa shape index (κ2) is 10.6. The molecule has 1 aromatic carbocycles. The maximum Gasteiger partial charge on any atom is 0.336 e. The summed E-state index contributed by atoms with van der Waals surface area (Å²) in [7, 11) is 0. The van der Waals surface area contributed by atoms with Gasteiger partial charge in [0.25, 0.3) is 0 Å². The lowest BCUT2D eigenvalue weighted by Crippen LogP contribution is -2.32. The van der Waals surface area contributed by atoms with Crippen molar-refractivity contribution >= 4 is 23.9 Å². The summed E-state index contributed by atoms with van der Waals surface area (Å²) in [5.41, 5.74) is 1.65. The Labute approximate surface area is 186 Å². The van der Waals surface area contributed by atoms with Gasteiger partial charge in [-0.2, -0.15) is 0 Å². The third-order valence-corrected chi connectivity index (χ3v) is 4.56. The van der Waals surface area contributed by atoms with E-state index in [1.807, 2.05) is 0 Å². The molecule has 1 N–H and O–H groups in total. The molecule has 0 amide bonds. The number of carbonyl (C=O) groups is 4. The van der Waals surface area contributed by atoms with Crippen LogP contribution in [0.25, 0.3) is 0 Å². The number of esters is 4. The van der Waals surface area contributed by atoms with Gasteiger partial charge in [-0.05, 0) is 33.8 Å². The highest BCUT2D eigenvalue weighted by Gasteiger charge is 2.39. The zero-order valence-corrected chi connectivity index (χ0v) is 19.0. The fraction of sp³-hybridized carbons (Fsp3) is 0.391. The molecular weight excluding hydrogens is 418 g/mol. The standard InChI is InChI=1S/C23H27NO8/c1-7-29-22(27)19-12(3)24-13(4)20(23(28)30-8-2)21(19)17-10-9-16(31-14(5)25)11-18(17)32-15(6)26/h9-11,21,24H,7-8H2,1-6H3. The van der Waals surface area contributed by atoms with Crippen molar-refractivity contribution < 1.29 is 38.1 Å². The van der Waals surface area contributed by atoms with Crippen molar-refractivity contribution in [1.82, 2.24) is 5.32 Å². The Balaban J connectivity index is 2.78. The van der Waals surface area contributed by atoms with E-state index >= 15 is 0 Å². The third kappa shape index (κ3) is 5.54. The monoisotopic (exact) mass is 445 g/mol. The third-order valence-electron chi connectivity index (χ3n) is 4.56. The van der Waals surface area contributed by atoms with Crippen LogP contribution >= 0.6 is 0 Å². The highest BCUT2D eigenvalue weighted by Crippen LogP contribution is 2.44. The number of hydrogen-bond acceptors (Lipinski definition) is 9. The number of hydrogen-bond donors (Lipinski definition) is 1. The van der Waals surface area contributed by atoms with E-state index < -0.39 is 29.8 Å². The van der Waals surface area contributed by atoms with Crippen LogP contribution in [0.5, 0.6) is 11.5 Å². The fourth-order valence-corrected chi connectivity index (χ4v) is 3.49. The predicted octanol–water partition coefficient (Wildman–Crippen LogP) is 2.90. The molecule has 0 saturated heterocycles. The van der Waals surface area contributed by atoms with Crippen LogP contribution in [0, 0.1) is 0 Å². The number of ether oxygens (including phenoxy) is 4. The van der Waals surface area contributed by atoms with Crippen molar-refractivity contribution in [2.75, 3.05) is 13.2 Å². The predicted molar refractivity (Wildman–Crippen MR) is 114 cm³/mol. The van der Waals surface area contributed by atoms with Crippen LogP contribution in [0.1, 0.15) is 53.0 Å². The van der Waals surface area contributed by atoms with E-state index in [1.165, 1.54) is 32.0 Å². The van der Waals surface area contributed by atoms with Crippen LogP contribution < -0.4 is 14.8 Å². The Bertz CT molecular complexity index is 965. The van der Waals surface area contributed by atoms with Crippen molar-refractivity contribution in [2.45, 2.75) is 47.5 Å². The van der Waals surface area contributed by atoms with Crippen LogP contribution in [-0.2, 0) is 28.7 Å². The van der Waals surface area contributed by atoms with E-state index in [1.54, 1.807) is 27.7 Å². The topological polar surface area (TPSA) is 117 Å². The Morgan fingerprint density at radius 2 is 1.34 bits per heavy atom. The summed E-state index contributed by atoms with van der Waals surface area (Å²) in [6, 6.07) is 4.38. The van der Waals surface area contributed by atoms with E-state index in [4.69, 9.17) is 18.9 Å². The van der Waals surface area contributed by atoms with Crippen molar-refractivity contribution in [2.24, 2.45) is 0 Å². The van der Waals surface area contributed by atoms with E-state index in [2.05, 4.69) is 5.32 Å². The minimum Gasteiger partial charge on any atom is -0.463 e. The first-order valence-electron chi connectivity index (χ1n) is 10.1. The molecule has 32 heavy (non-hydrogen) atoms. The van der Waals surface area contributed by atoms with Crippen LogP contribution in [0.3, 0.4) is 0 Å². The molecule has 0 saturated carbocycles. The molecule has 2 rings (SSSR count). The van der Waals surface area contributed by atoms with Gasteiger partial charge in [-0.15, -0.1) is 0 Å². The van der Waals surface area contributed by atoms with Crippen LogP contribution in [0.2, 0.25) is 0 Å². The molecule has 0 aromatic heterocycles. The molecule has 9 heteroatoms. The number of nitrogens with one attached hydrogen (secondary N) is 1. The van der Waals surface area contributed by atoms with E-state index in [9.17, 15) is 19.2 Å². The molecule has 1 aliphatic heterocycles. The molecule has 0 aliphatic carbocycles. The van der Waals surface area contributed by atoms with Crippen LogP contribution in [-0.4, -0.2) is 37.1 Å². The number of benzene rings is 1.